The van der Waals surface area contributed by atoms with E-state index in [4.69, 9.17) is 0 Å². The molecule has 2 aliphatic rings. The van der Waals surface area contributed by atoms with Crippen LogP contribution in [0.4, 0.5) is 0 Å². The molecule has 0 saturated carbocycles. The molecule has 1 aromatic carbocycles. The van der Waals surface area contributed by atoms with Crippen LogP contribution in [0.1, 0.15) is 11.1 Å². The number of benzene rings is 1. The van der Waals surface area contributed by atoms with Gasteiger partial charge >= 0.3 is 0 Å². The highest BCUT2D eigenvalue weighted by atomic mass is 28.3. The first-order valence-electron chi connectivity index (χ1n) is 5.48. The van der Waals surface area contributed by atoms with E-state index in [-0.39, 0.29) is 0 Å². The molecule has 2 aliphatic carbocycles. The zero-order chi connectivity index (χ0) is 10.6. The lowest BCUT2D eigenvalue weighted by Gasteiger charge is -2.16. The molecule has 1 heteroatoms. The molecular weight excluding hydrogens is 196 g/mol. The van der Waals surface area contributed by atoms with Crippen LogP contribution in [-0.4, -0.2) is 8.07 Å². The van der Waals surface area contributed by atoms with Gasteiger partial charge in [-0.3, -0.25) is 0 Å². The second-order valence-corrected chi connectivity index (χ2v) is 10.4. The average Bonchev–Trinajstić information content (AvgIpc) is 2.86. The number of fused-ring (bicyclic) bond motifs is 2. The van der Waals surface area contributed by atoms with Gasteiger partial charge in [0.15, 0.2) is 0 Å². The van der Waals surface area contributed by atoms with Crippen LogP contribution in [0.25, 0.3) is 6.08 Å². The minimum atomic E-state index is -1.11. The fourth-order valence-corrected chi connectivity index (χ4v) is 4.38. The first-order valence-corrected chi connectivity index (χ1v) is 8.98. The quantitative estimate of drug-likeness (QED) is 0.489. The molecule has 0 unspecified atom stereocenters. The fourth-order valence-electron chi connectivity index (χ4n) is 2.41. The van der Waals surface area contributed by atoms with Crippen LogP contribution in [0.15, 0.2) is 40.6 Å². The molecule has 0 spiro atoms. The van der Waals surface area contributed by atoms with Crippen molar-refractivity contribution in [3.8, 4) is 0 Å². The van der Waals surface area contributed by atoms with Gasteiger partial charge in [0, 0.05) is 8.07 Å². The van der Waals surface area contributed by atoms with Gasteiger partial charge in [-0.15, -0.1) is 40.5 Å². The van der Waals surface area contributed by atoms with Gasteiger partial charge in [-0.25, -0.2) is 0 Å². The Hall–Kier alpha value is -1.21. The summed E-state index contributed by atoms with van der Waals surface area (Å²) in [6, 6.07) is 8.64. The Morgan fingerprint density at radius 1 is 1.07 bits per heavy atom. The number of hydrogen-bond acceptors (Lipinski definition) is 0. The Balaban J connectivity index is 2.05. The molecule has 0 heterocycles. The topological polar surface area (TPSA) is 0 Å². The lowest BCUT2D eigenvalue weighted by molar-refractivity contribution is 1.44. The molecule has 0 bridgehead atoms. The van der Waals surface area contributed by atoms with E-state index in [1.54, 1.807) is 5.20 Å². The molecule has 0 amide bonds. The Labute approximate surface area is 92.3 Å². The zero-order valence-corrected chi connectivity index (χ0v) is 10.5. The minimum Gasteiger partial charge on any atom is -0.135 e. The van der Waals surface area contributed by atoms with Crippen molar-refractivity contribution in [1.29, 1.82) is 0 Å². The van der Waals surface area contributed by atoms with Crippen molar-refractivity contribution in [2.45, 2.75) is 19.6 Å². The average molecular weight is 211 g/mol. The monoisotopic (exact) mass is 211 g/mol. The molecule has 0 fully saturated rings. The lowest BCUT2D eigenvalue weighted by atomic mass is 9.98. The third-order valence-corrected chi connectivity index (χ3v) is 5.15. The van der Waals surface area contributed by atoms with E-state index in [0.717, 1.165) is 0 Å². The summed E-state index contributed by atoms with van der Waals surface area (Å²) in [5.74, 6) is 0. The molecule has 0 N–H and O–H groups in total. The van der Waals surface area contributed by atoms with Crippen LogP contribution < -0.4 is 0 Å². The smallest absolute Gasteiger partial charge is 0.0309 e. The predicted octanol–water partition coefficient (Wildman–Crippen LogP) is 3.82. The minimum absolute atomic E-state index is 1.11. The highest BCUT2D eigenvalue weighted by Gasteiger charge is 2.32. The van der Waals surface area contributed by atoms with E-state index in [1.807, 2.05) is 0 Å². The first-order chi connectivity index (χ1) is 7.07. The summed E-state index contributed by atoms with van der Waals surface area (Å²) in [6.45, 7) is 7.27. The lowest BCUT2D eigenvalue weighted by Crippen LogP contribution is -2.18. The first kappa shape index (κ1) is 9.04. The van der Waals surface area contributed by atoms with Crippen molar-refractivity contribution in [2.24, 2.45) is 0 Å². The maximum Gasteiger partial charge on any atom is 0.0309 e. The van der Waals surface area contributed by atoms with Crippen molar-refractivity contribution in [1.82, 2.24) is 0 Å². The summed E-state index contributed by atoms with van der Waals surface area (Å²) >= 11 is 0. The fraction of sp³-hybridized carbons (Fsp3) is 0.214. The molecule has 15 heavy (non-hydrogen) atoms. The van der Waals surface area contributed by atoms with Crippen LogP contribution in [0, 0.1) is 6.42 Å². The van der Waals surface area contributed by atoms with Crippen molar-refractivity contribution in [3.63, 3.8) is 0 Å². The molecule has 76 valence electrons. The molecule has 0 aromatic heterocycles. The summed E-state index contributed by atoms with van der Waals surface area (Å²) < 4.78 is 0. The van der Waals surface area contributed by atoms with Gasteiger partial charge in [0.1, 0.15) is 0 Å². The Morgan fingerprint density at radius 3 is 2.53 bits per heavy atom. The Morgan fingerprint density at radius 2 is 1.80 bits per heavy atom. The van der Waals surface area contributed by atoms with Crippen LogP contribution >= 0.6 is 0 Å². The summed E-state index contributed by atoms with van der Waals surface area (Å²) in [5.41, 5.74) is 5.83. The summed E-state index contributed by atoms with van der Waals surface area (Å²) in [5, 5.41) is 1.68. The van der Waals surface area contributed by atoms with Gasteiger partial charge in [-0.1, -0.05) is 43.4 Å². The summed E-state index contributed by atoms with van der Waals surface area (Å²) in [4.78, 5) is 0. The van der Waals surface area contributed by atoms with Gasteiger partial charge < -0.3 is 0 Å². The standard InChI is InChI=1S/C14H15Si/c1-15(2,3)14-12-8-10-6-4-5-7-11(10)9-13(12)14/h4-9H,1-3H3/q-1. The van der Waals surface area contributed by atoms with Crippen LogP contribution in [0.3, 0.4) is 0 Å². The summed E-state index contributed by atoms with van der Waals surface area (Å²) in [6.07, 6.45) is 4.72. The molecule has 0 atom stereocenters. The zero-order valence-electron chi connectivity index (χ0n) is 9.46. The molecule has 0 aliphatic heterocycles. The second-order valence-electron chi connectivity index (χ2n) is 5.37. The van der Waals surface area contributed by atoms with Gasteiger partial charge in [-0.2, -0.15) is 0 Å². The van der Waals surface area contributed by atoms with Crippen molar-refractivity contribution in [3.05, 3.63) is 58.2 Å². The number of hydrogen-bond donors (Lipinski definition) is 0. The molecule has 3 rings (SSSR count). The Kier molecular flexibility index (Phi) is 1.61. The van der Waals surface area contributed by atoms with Crippen LogP contribution in [-0.2, 0) is 0 Å². The third-order valence-electron chi connectivity index (χ3n) is 3.11. The van der Waals surface area contributed by atoms with Crippen molar-refractivity contribution >= 4 is 14.1 Å². The van der Waals surface area contributed by atoms with Crippen LogP contribution in [0.2, 0.25) is 19.6 Å². The predicted molar refractivity (Wildman–Crippen MR) is 68.2 cm³/mol. The van der Waals surface area contributed by atoms with Gasteiger partial charge in [0.25, 0.3) is 0 Å². The molecule has 0 nitrogen and oxygen atoms in total. The van der Waals surface area contributed by atoms with Gasteiger partial charge in [0.2, 0.25) is 0 Å². The number of allylic oxidation sites excluding steroid dienone is 3. The normalized spacial score (nSPS) is 17.7. The van der Waals surface area contributed by atoms with Gasteiger partial charge in [-0.05, 0) is 0 Å². The van der Waals surface area contributed by atoms with E-state index >= 15 is 0 Å². The largest absolute Gasteiger partial charge is 0.135 e. The van der Waals surface area contributed by atoms with Gasteiger partial charge in [0.05, 0.1) is 0 Å². The summed E-state index contributed by atoms with van der Waals surface area (Å²) in [7, 11) is -1.11. The highest BCUT2D eigenvalue weighted by molar-refractivity contribution is 6.86. The number of rotatable bonds is 1. The maximum absolute atomic E-state index is 2.42. The molecule has 0 radical (unpaired) electrons. The van der Waals surface area contributed by atoms with E-state index in [9.17, 15) is 0 Å². The van der Waals surface area contributed by atoms with E-state index < -0.39 is 8.07 Å². The molecule has 1 aromatic rings. The molecule has 0 saturated heterocycles. The third kappa shape index (κ3) is 1.30. The highest BCUT2D eigenvalue weighted by Crippen LogP contribution is 2.51. The van der Waals surface area contributed by atoms with E-state index in [1.165, 1.54) is 22.3 Å². The van der Waals surface area contributed by atoms with Crippen molar-refractivity contribution in [2.75, 3.05) is 0 Å². The maximum atomic E-state index is 2.42. The second kappa shape index (κ2) is 2.67. The van der Waals surface area contributed by atoms with Crippen LogP contribution in [0.5, 0.6) is 0 Å². The van der Waals surface area contributed by atoms with Crippen molar-refractivity contribution < 1.29 is 0 Å². The SMILES string of the molecule is C[Si](C)(C)C1=C2[CH-]c3ccccc3C=C21. The Bertz CT molecular complexity index is 498. The van der Waals surface area contributed by atoms with E-state index in [2.05, 4.69) is 56.4 Å². The van der Waals surface area contributed by atoms with E-state index in [0.29, 0.717) is 0 Å². The molecular formula is C14H15Si-.